The molecule has 2 rings (SSSR count). The Labute approximate surface area is 133 Å². The number of para-hydroxylation sites is 1. The van der Waals surface area contributed by atoms with Gasteiger partial charge in [-0.1, -0.05) is 48.0 Å². The van der Waals surface area contributed by atoms with Gasteiger partial charge in [-0.15, -0.1) is 6.58 Å². The summed E-state index contributed by atoms with van der Waals surface area (Å²) in [5.74, 6) is 0.131. The highest BCUT2D eigenvalue weighted by molar-refractivity contribution is 5.93. The van der Waals surface area contributed by atoms with Gasteiger partial charge in [0.2, 0.25) is 5.91 Å². The molecular weight excluding hydrogens is 270 g/mol. The van der Waals surface area contributed by atoms with E-state index in [0.29, 0.717) is 13.0 Å². The number of anilines is 1. The number of hydrogen-bond donors (Lipinski definition) is 0. The van der Waals surface area contributed by atoms with Crippen LogP contribution in [-0.2, 0) is 11.2 Å². The smallest absolute Gasteiger partial charge is 0.227 e. The van der Waals surface area contributed by atoms with Crippen LogP contribution >= 0.6 is 0 Å². The number of aryl methyl sites for hydroxylation is 3. The number of amides is 1. The number of rotatable bonds is 6. The Morgan fingerprint density at radius 3 is 2.50 bits per heavy atom. The third-order valence-corrected chi connectivity index (χ3v) is 3.79. The summed E-state index contributed by atoms with van der Waals surface area (Å²) in [5.41, 5.74) is 4.67. The van der Waals surface area contributed by atoms with Gasteiger partial charge in [-0.2, -0.15) is 0 Å². The van der Waals surface area contributed by atoms with Crippen molar-refractivity contribution in [3.05, 3.63) is 77.9 Å². The van der Waals surface area contributed by atoms with Crippen molar-refractivity contribution in [2.24, 2.45) is 0 Å². The Bertz CT molecular complexity index is 646. The lowest BCUT2D eigenvalue weighted by Gasteiger charge is -2.21. The van der Waals surface area contributed by atoms with Gasteiger partial charge in [-0.05, 0) is 43.5 Å². The van der Waals surface area contributed by atoms with Gasteiger partial charge < -0.3 is 4.90 Å². The van der Waals surface area contributed by atoms with Gasteiger partial charge >= 0.3 is 0 Å². The zero-order valence-electron chi connectivity index (χ0n) is 13.4. The largest absolute Gasteiger partial charge is 0.309 e. The molecule has 0 aromatic heterocycles. The number of benzene rings is 2. The van der Waals surface area contributed by atoms with Gasteiger partial charge in [0.05, 0.1) is 0 Å². The summed E-state index contributed by atoms with van der Waals surface area (Å²) >= 11 is 0. The van der Waals surface area contributed by atoms with Crippen LogP contribution in [0.1, 0.15) is 23.1 Å². The van der Waals surface area contributed by atoms with Gasteiger partial charge in [0.15, 0.2) is 0 Å². The molecule has 2 aromatic rings. The summed E-state index contributed by atoms with van der Waals surface area (Å²) < 4.78 is 0. The van der Waals surface area contributed by atoms with Crippen molar-refractivity contribution in [1.29, 1.82) is 0 Å². The molecule has 2 heteroatoms. The van der Waals surface area contributed by atoms with Crippen molar-refractivity contribution in [2.45, 2.75) is 26.7 Å². The normalized spacial score (nSPS) is 10.3. The molecule has 0 spiro atoms. The van der Waals surface area contributed by atoms with E-state index in [0.717, 1.165) is 12.1 Å². The number of carbonyl (C=O) groups excluding carboxylic acids is 1. The van der Waals surface area contributed by atoms with E-state index in [4.69, 9.17) is 0 Å². The first-order chi connectivity index (χ1) is 10.6. The summed E-state index contributed by atoms with van der Waals surface area (Å²) in [6.07, 6.45) is 3.04. The lowest BCUT2D eigenvalue weighted by molar-refractivity contribution is -0.118. The van der Waals surface area contributed by atoms with Crippen molar-refractivity contribution in [1.82, 2.24) is 0 Å². The molecule has 0 heterocycles. The molecule has 0 fully saturated rings. The molecule has 22 heavy (non-hydrogen) atoms. The maximum Gasteiger partial charge on any atom is 0.227 e. The van der Waals surface area contributed by atoms with Crippen LogP contribution in [0.15, 0.2) is 61.2 Å². The molecule has 0 aliphatic rings. The summed E-state index contributed by atoms with van der Waals surface area (Å²) in [6.45, 7) is 8.48. The van der Waals surface area contributed by atoms with Crippen LogP contribution in [-0.4, -0.2) is 12.5 Å². The minimum absolute atomic E-state index is 0.131. The SMILES string of the molecule is C=CCN(C(=O)CCc1ccc(C)cc1C)c1ccccc1. The second kappa shape index (κ2) is 7.60. The second-order valence-electron chi connectivity index (χ2n) is 5.56. The van der Waals surface area contributed by atoms with Crippen LogP contribution in [0.2, 0.25) is 0 Å². The average Bonchev–Trinajstić information content (AvgIpc) is 2.52. The van der Waals surface area contributed by atoms with Crippen molar-refractivity contribution in [3.63, 3.8) is 0 Å². The minimum Gasteiger partial charge on any atom is -0.309 e. The third kappa shape index (κ3) is 4.08. The minimum atomic E-state index is 0.131. The van der Waals surface area contributed by atoms with E-state index in [-0.39, 0.29) is 5.91 Å². The monoisotopic (exact) mass is 293 g/mol. The summed E-state index contributed by atoms with van der Waals surface area (Å²) in [7, 11) is 0. The van der Waals surface area contributed by atoms with Crippen LogP contribution in [0.4, 0.5) is 5.69 Å². The van der Waals surface area contributed by atoms with Gasteiger partial charge in [-0.3, -0.25) is 4.79 Å². The van der Waals surface area contributed by atoms with E-state index in [2.05, 4.69) is 38.6 Å². The Morgan fingerprint density at radius 1 is 1.14 bits per heavy atom. The third-order valence-electron chi connectivity index (χ3n) is 3.79. The number of hydrogen-bond acceptors (Lipinski definition) is 1. The molecule has 0 unspecified atom stereocenters. The van der Waals surface area contributed by atoms with E-state index in [1.54, 1.807) is 11.0 Å². The first-order valence-corrected chi connectivity index (χ1v) is 7.64. The maximum atomic E-state index is 12.6. The molecule has 0 aliphatic heterocycles. The zero-order chi connectivity index (χ0) is 15.9. The molecule has 2 nitrogen and oxygen atoms in total. The van der Waals surface area contributed by atoms with Gasteiger partial charge in [0.25, 0.3) is 0 Å². The molecule has 2 aromatic carbocycles. The maximum absolute atomic E-state index is 12.6. The van der Waals surface area contributed by atoms with E-state index >= 15 is 0 Å². The summed E-state index contributed by atoms with van der Waals surface area (Å²) in [5, 5.41) is 0. The molecule has 0 atom stereocenters. The molecule has 0 radical (unpaired) electrons. The van der Waals surface area contributed by atoms with Crippen LogP contribution in [0, 0.1) is 13.8 Å². The predicted molar refractivity (Wildman–Crippen MR) is 93.2 cm³/mol. The Balaban J connectivity index is 2.07. The van der Waals surface area contributed by atoms with Crippen LogP contribution in [0.3, 0.4) is 0 Å². The standard InChI is InChI=1S/C20H23NO/c1-4-14-21(19-8-6-5-7-9-19)20(22)13-12-18-11-10-16(2)15-17(18)3/h4-11,15H,1,12-14H2,2-3H3. The van der Waals surface area contributed by atoms with Crippen LogP contribution in [0.25, 0.3) is 0 Å². The first-order valence-electron chi connectivity index (χ1n) is 7.64. The molecule has 0 aliphatic carbocycles. The molecule has 0 saturated carbocycles. The molecule has 1 amide bonds. The molecule has 0 bridgehead atoms. The van der Waals surface area contributed by atoms with E-state index in [1.807, 2.05) is 30.3 Å². The Morgan fingerprint density at radius 2 is 1.86 bits per heavy atom. The number of carbonyl (C=O) groups is 1. The van der Waals surface area contributed by atoms with Crippen molar-refractivity contribution >= 4 is 11.6 Å². The Kier molecular flexibility index (Phi) is 5.54. The molecule has 0 N–H and O–H groups in total. The van der Waals surface area contributed by atoms with Gasteiger partial charge in [0, 0.05) is 18.7 Å². The fraction of sp³-hybridized carbons (Fsp3) is 0.250. The fourth-order valence-corrected chi connectivity index (χ4v) is 2.59. The highest BCUT2D eigenvalue weighted by atomic mass is 16.2. The highest BCUT2D eigenvalue weighted by Gasteiger charge is 2.14. The Hall–Kier alpha value is -2.35. The van der Waals surface area contributed by atoms with E-state index < -0.39 is 0 Å². The summed E-state index contributed by atoms with van der Waals surface area (Å²) in [4.78, 5) is 14.4. The van der Waals surface area contributed by atoms with E-state index in [1.165, 1.54) is 16.7 Å². The second-order valence-corrected chi connectivity index (χ2v) is 5.56. The molecular formula is C20H23NO. The van der Waals surface area contributed by atoms with Crippen molar-refractivity contribution < 1.29 is 4.79 Å². The topological polar surface area (TPSA) is 20.3 Å². The zero-order valence-corrected chi connectivity index (χ0v) is 13.4. The average molecular weight is 293 g/mol. The summed E-state index contributed by atoms with van der Waals surface area (Å²) in [6, 6.07) is 16.2. The molecule has 114 valence electrons. The van der Waals surface area contributed by atoms with Crippen LogP contribution in [0.5, 0.6) is 0 Å². The highest BCUT2D eigenvalue weighted by Crippen LogP contribution is 2.17. The molecule has 0 saturated heterocycles. The van der Waals surface area contributed by atoms with Gasteiger partial charge in [-0.25, -0.2) is 0 Å². The first kappa shape index (κ1) is 16.0. The van der Waals surface area contributed by atoms with Crippen molar-refractivity contribution in [3.8, 4) is 0 Å². The lowest BCUT2D eigenvalue weighted by Crippen LogP contribution is -2.31. The van der Waals surface area contributed by atoms with Gasteiger partial charge in [0.1, 0.15) is 0 Å². The lowest BCUT2D eigenvalue weighted by atomic mass is 10.0. The van der Waals surface area contributed by atoms with Crippen LogP contribution < -0.4 is 4.90 Å². The quantitative estimate of drug-likeness (QED) is 0.720. The number of nitrogens with zero attached hydrogens (tertiary/aromatic N) is 1. The fourth-order valence-electron chi connectivity index (χ4n) is 2.59. The van der Waals surface area contributed by atoms with E-state index in [9.17, 15) is 4.79 Å². The van der Waals surface area contributed by atoms with Crippen molar-refractivity contribution in [2.75, 3.05) is 11.4 Å². The predicted octanol–water partition coefficient (Wildman–Crippen LogP) is 4.46.